The third-order valence-corrected chi connectivity index (χ3v) is 2.06. The van der Waals surface area contributed by atoms with Gasteiger partial charge >= 0.3 is 5.97 Å². The van der Waals surface area contributed by atoms with Gasteiger partial charge in [-0.1, -0.05) is 22.5 Å². The van der Waals surface area contributed by atoms with E-state index in [0.29, 0.717) is 5.75 Å². The highest BCUT2D eigenvalue weighted by Gasteiger charge is 2.04. The summed E-state index contributed by atoms with van der Waals surface area (Å²) in [6.45, 7) is 3.35. The van der Waals surface area contributed by atoms with Gasteiger partial charge in [-0.05, 0) is 24.3 Å². The van der Waals surface area contributed by atoms with Gasteiger partial charge < -0.3 is 9.84 Å². The van der Waals surface area contributed by atoms with Crippen LogP contribution in [0, 0.1) is 0 Å². The first-order valence-electron chi connectivity index (χ1n) is 3.89. The van der Waals surface area contributed by atoms with Gasteiger partial charge in [-0.3, -0.25) is 0 Å². The minimum absolute atomic E-state index is 0.00301. The molecule has 0 aliphatic rings. The summed E-state index contributed by atoms with van der Waals surface area (Å²) in [6.07, 6.45) is 0. The number of carbonyl (C=O) groups is 1. The summed E-state index contributed by atoms with van der Waals surface area (Å²) in [5.74, 6) is -0.419. The molecule has 1 rings (SSSR count). The van der Waals surface area contributed by atoms with Gasteiger partial charge in [0.2, 0.25) is 0 Å². The van der Waals surface area contributed by atoms with E-state index in [4.69, 9.17) is 9.84 Å². The number of hydrogen-bond donors (Lipinski definition) is 1. The summed E-state index contributed by atoms with van der Waals surface area (Å²) in [5, 5.41) is 8.52. The Labute approximate surface area is 90.1 Å². The van der Waals surface area contributed by atoms with Crippen LogP contribution in [0.2, 0.25) is 0 Å². The molecular weight excluding hydrogens is 248 g/mol. The Kier molecular flexibility index (Phi) is 3.71. The molecule has 0 aromatic heterocycles. The van der Waals surface area contributed by atoms with Crippen LogP contribution in [-0.2, 0) is 4.79 Å². The molecule has 0 atom stereocenters. The quantitative estimate of drug-likeness (QED) is 0.843. The smallest absolute Gasteiger partial charge is 0.334 e. The fourth-order valence-electron chi connectivity index (χ4n) is 0.763. The monoisotopic (exact) mass is 256 g/mol. The maximum absolute atomic E-state index is 10.4. The number of carboxylic acids is 1. The molecule has 14 heavy (non-hydrogen) atoms. The largest absolute Gasteiger partial charge is 0.489 e. The maximum atomic E-state index is 10.4. The van der Waals surface area contributed by atoms with Crippen molar-refractivity contribution in [3.05, 3.63) is 40.9 Å². The lowest BCUT2D eigenvalue weighted by Gasteiger charge is -2.05. The van der Waals surface area contributed by atoms with Crippen LogP contribution in [0.3, 0.4) is 0 Å². The molecule has 1 aromatic carbocycles. The molecule has 0 saturated heterocycles. The summed E-state index contributed by atoms with van der Waals surface area (Å²) in [6, 6.07) is 7.14. The lowest BCUT2D eigenvalue weighted by atomic mass is 10.3. The highest BCUT2D eigenvalue weighted by molar-refractivity contribution is 9.10. The number of ether oxygens (including phenoxy) is 1. The second-order valence-electron chi connectivity index (χ2n) is 2.65. The first-order valence-corrected chi connectivity index (χ1v) is 4.68. The summed E-state index contributed by atoms with van der Waals surface area (Å²) < 4.78 is 6.13. The molecule has 0 saturated carbocycles. The van der Waals surface area contributed by atoms with Crippen LogP contribution < -0.4 is 4.74 Å². The van der Waals surface area contributed by atoms with Gasteiger partial charge in [-0.15, -0.1) is 0 Å². The van der Waals surface area contributed by atoms with Crippen molar-refractivity contribution in [2.75, 3.05) is 6.61 Å². The van der Waals surface area contributed by atoms with Gasteiger partial charge in [0.15, 0.2) is 0 Å². The minimum atomic E-state index is -1.04. The zero-order valence-corrected chi connectivity index (χ0v) is 8.95. The van der Waals surface area contributed by atoms with Crippen LogP contribution >= 0.6 is 15.9 Å². The number of hydrogen-bond acceptors (Lipinski definition) is 2. The third-order valence-electron chi connectivity index (χ3n) is 1.53. The summed E-state index contributed by atoms with van der Waals surface area (Å²) in [4.78, 5) is 10.4. The van der Waals surface area contributed by atoms with Crippen molar-refractivity contribution >= 4 is 21.9 Å². The van der Waals surface area contributed by atoms with E-state index in [1.54, 1.807) is 12.1 Å². The second-order valence-corrected chi connectivity index (χ2v) is 3.57. The molecule has 0 heterocycles. The van der Waals surface area contributed by atoms with E-state index < -0.39 is 5.97 Å². The SMILES string of the molecule is C=C(COc1ccc(Br)cc1)C(=O)O. The highest BCUT2D eigenvalue weighted by Crippen LogP contribution is 2.16. The third kappa shape index (κ3) is 3.22. The Hall–Kier alpha value is -1.29. The fourth-order valence-corrected chi connectivity index (χ4v) is 1.03. The summed E-state index contributed by atoms with van der Waals surface area (Å²) >= 11 is 3.28. The minimum Gasteiger partial charge on any atom is -0.489 e. The van der Waals surface area contributed by atoms with Crippen LogP contribution in [0.25, 0.3) is 0 Å². The van der Waals surface area contributed by atoms with Gasteiger partial charge in [-0.2, -0.15) is 0 Å². The van der Waals surface area contributed by atoms with Gasteiger partial charge in [0, 0.05) is 4.47 Å². The molecule has 3 nitrogen and oxygen atoms in total. The molecule has 74 valence electrons. The maximum Gasteiger partial charge on any atom is 0.334 e. The van der Waals surface area contributed by atoms with Gasteiger partial charge in [0.1, 0.15) is 12.4 Å². The average Bonchev–Trinajstić information content (AvgIpc) is 2.16. The lowest BCUT2D eigenvalue weighted by Crippen LogP contribution is -2.08. The number of rotatable bonds is 4. The van der Waals surface area contributed by atoms with E-state index in [2.05, 4.69) is 22.5 Å². The van der Waals surface area contributed by atoms with Crippen molar-refractivity contribution in [2.24, 2.45) is 0 Å². The Bertz CT molecular complexity index is 343. The molecule has 0 fully saturated rings. The first-order chi connectivity index (χ1) is 6.59. The number of benzene rings is 1. The van der Waals surface area contributed by atoms with Crippen LogP contribution in [-0.4, -0.2) is 17.7 Å². The van der Waals surface area contributed by atoms with Crippen LogP contribution in [0.15, 0.2) is 40.9 Å². The normalized spacial score (nSPS) is 9.50. The molecule has 0 radical (unpaired) electrons. The first kappa shape index (κ1) is 10.8. The zero-order chi connectivity index (χ0) is 10.6. The van der Waals surface area contributed by atoms with Crippen LogP contribution in [0.4, 0.5) is 0 Å². The van der Waals surface area contributed by atoms with E-state index in [-0.39, 0.29) is 12.2 Å². The van der Waals surface area contributed by atoms with Crippen LogP contribution in [0.1, 0.15) is 0 Å². The zero-order valence-electron chi connectivity index (χ0n) is 7.37. The standard InChI is InChI=1S/C10H9BrO3/c1-7(10(12)13)6-14-9-4-2-8(11)3-5-9/h2-5H,1,6H2,(H,12,13). The van der Waals surface area contributed by atoms with E-state index in [1.165, 1.54) is 0 Å². The van der Waals surface area contributed by atoms with Gasteiger partial charge in [0.05, 0.1) is 5.57 Å². The topological polar surface area (TPSA) is 46.5 Å². The lowest BCUT2D eigenvalue weighted by molar-refractivity contribution is -0.133. The predicted molar refractivity (Wildman–Crippen MR) is 56.4 cm³/mol. The fraction of sp³-hybridized carbons (Fsp3) is 0.100. The van der Waals surface area contributed by atoms with Crippen molar-refractivity contribution in [1.29, 1.82) is 0 Å². The molecule has 0 aliphatic carbocycles. The highest BCUT2D eigenvalue weighted by atomic mass is 79.9. The van der Waals surface area contributed by atoms with Crippen molar-refractivity contribution in [1.82, 2.24) is 0 Å². The van der Waals surface area contributed by atoms with Crippen LogP contribution in [0.5, 0.6) is 5.75 Å². The summed E-state index contributed by atoms with van der Waals surface area (Å²) in [7, 11) is 0. The number of halogens is 1. The Balaban J connectivity index is 2.50. The molecule has 0 unspecified atom stereocenters. The number of carboxylic acid groups (broad SMARTS) is 1. The van der Waals surface area contributed by atoms with E-state index in [0.717, 1.165) is 4.47 Å². The average molecular weight is 257 g/mol. The Morgan fingerprint density at radius 2 is 2.00 bits per heavy atom. The van der Waals surface area contributed by atoms with Crippen molar-refractivity contribution in [3.63, 3.8) is 0 Å². The molecule has 4 heteroatoms. The van der Waals surface area contributed by atoms with Crippen molar-refractivity contribution in [3.8, 4) is 5.75 Å². The summed E-state index contributed by atoms with van der Waals surface area (Å²) in [5.41, 5.74) is 0.0351. The second kappa shape index (κ2) is 4.81. The Morgan fingerprint density at radius 3 is 2.50 bits per heavy atom. The van der Waals surface area contributed by atoms with E-state index >= 15 is 0 Å². The molecular formula is C10H9BrO3. The molecule has 0 spiro atoms. The van der Waals surface area contributed by atoms with E-state index in [9.17, 15) is 4.79 Å². The molecule has 1 N–H and O–H groups in total. The molecule has 1 aromatic rings. The molecule has 0 amide bonds. The van der Waals surface area contributed by atoms with Crippen molar-refractivity contribution < 1.29 is 14.6 Å². The van der Waals surface area contributed by atoms with Crippen molar-refractivity contribution in [2.45, 2.75) is 0 Å². The van der Waals surface area contributed by atoms with Gasteiger partial charge in [-0.25, -0.2) is 4.79 Å². The number of aliphatic carboxylic acids is 1. The molecule has 0 aliphatic heterocycles. The Morgan fingerprint density at radius 1 is 1.43 bits per heavy atom. The van der Waals surface area contributed by atoms with Gasteiger partial charge in [0.25, 0.3) is 0 Å². The molecule has 0 bridgehead atoms. The predicted octanol–water partition coefficient (Wildman–Crippen LogP) is 2.47. The van der Waals surface area contributed by atoms with E-state index in [1.807, 2.05) is 12.1 Å².